The fraction of sp³-hybridized carbons (Fsp3) is 0.588. The zero-order chi connectivity index (χ0) is 15.4. The third-order valence-electron chi connectivity index (χ3n) is 4.49. The minimum absolute atomic E-state index is 0. The first kappa shape index (κ1) is 18.3. The summed E-state index contributed by atoms with van der Waals surface area (Å²) < 4.78 is 11.1. The van der Waals surface area contributed by atoms with Crippen molar-refractivity contribution in [1.29, 1.82) is 0 Å². The van der Waals surface area contributed by atoms with E-state index >= 15 is 0 Å². The van der Waals surface area contributed by atoms with Crippen molar-refractivity contribution in [1.82, 2.24) is 10.6 Å². The molecule has 0 aliphatic carbocycles. The molecule has 23 heavy (non-hydrogen) atoms. The van der Waals surface area contributed by atoms with Crippen LogP contribution in [0.4, 0.5) is 0 Å². The maximum atomic E-state index is 5.87. The van der Waals surface area contributed by atoms with E-state index in [9.17, 15) is 0 Å². The van der Waals surface area contributed by atoms with Crippen molar-refractivity contribution in [2.24, 2.45) is 4.99 Å². The van der Waals surface area contributed by atoms with Gasteiger partial charge in [0.15, 0.2) is 5.96 Å². The molecule has 2 heterocycles. The number of aliphatic imine (C=N–C) groups is 1. The van der Waals surface area contributed by atoms with E-state index in [1.54, 1.807) is 7.11 Å². The summed E-state index contributed by atoms with van der Waals surface area (Å²) in [5, 5.41) is 6.88. The average molecular weight is 431 g/mol. The molecule has 3 rings (SSSR count). The van der Waals surface area contributed by atoms with Crippen molar-refractivity contribution in [3.63, 3.8) is 0 Å². The lowest BCUT2D eigenvalue weighted by Crippen LogP contribution is -2.47. The number of methoxy groups -OCH3 is 1. The minimum Gasteiger partial charge on any atom is -0.497 e. The zero-order valence-electron chi connectivity index (χ0n) is 13.7. The van der Waals surface area contributed by atoms with Gasteiger partial charge in [0, 0.05) is 13.6 Å². The smallest absolute Gasteiger partial charge is 0.191 e. The van der Waals surface area contributed by atoms with Crippen molar-refractivity contribution in [3.05, 3.63) is 29.8 Å². The summed E-state index contributed by atoms with van der Waals surface area (Å²) in [6.07, 6.45) is 5.24. The molecule has 128 valence electrons. The van der Waals surface area contributed by atoms with Crippen molar-refractivity contribution in [3.8, 4) is 5.75 Å². The van der Waals surface area contributed by atoms with Crippen LogP contribution in [0, 0.1) is 0 Å². The Bertz CT molecular complexity index is 538. The molecule has 0 amide bonds. The summed E-state index contributed by atoms with van der Waals surface area (Å²) in [5.41, 5.74) is 1.26. The first-order chi connectivity index (χ1) is 10.8. The maximum Gasteiger partial charge on any atom is 0.191 e. The average Bonchev–Trinajstić information content (AvgIpc) is 3.17. The van der Waals surface area contributed by atoms with Gasteiger partial charge in [0.1, 0.15) is 5.75 Å². The highest BCUT2D eigenvalue weighted by Crippen LogP contribution is 2.34. The molecular weight excluding hydrogens is 405 g/mol. The van der Waals surface area contributed by atoms with Crippen LogP contribution in [0.15, 0.2) is 29.3 Å². The first-order valence-corrected chi connectivity index (χ1v) is 8.04. The number of halogens is 1. The lowest BCUT2D eigenvalue weighted by molar-refractivity contribution is 0.0992. The van der Waals surface area contributed by atoms with Crippen molar-refractivity contribution in [2.75, 3.05) is 20.7 Å². The van der Waals surface area contributed by atoms with E-state index in [1.165, 1.54) is 18.4 Å². The SMILES string of the molecule is CN=C(NCCc1cccc(OC)c1)NC1CC2CCC1O2.I. The maximum absolute atomic E-state index is 5.87. The van der Waals surface area contributed by atoms with E-state index in [0.717, 1.165) is 31.1 Å². The lowest BCUT2D eigenvalue weighted by atomic mass is 9.96. The number of nitrogens with zero attached hydrogens (tertiary/aromatic N) is 1. The number of benzene rings is 1. The van der Waals surface area contributed by atoms with Gasteiger partial charge in [-0.1, -0.05) is 12.1 Å². The summed E-state index contributed by atoms with van der Waals surface area (Å²) in [7, 11) is 3.51. The molecule has 6 heteroatoms. The van der Waals surface area contributed by atoms with Crippen LogP contribution in [0.25, 0.3) is 0 Å². The Morgan fingerprint density at radius 2 is 2.26 bits per heavy atom. The van der Waals surface area contributed by atoms with Gasteiger partial charge < -0.3 is 20.1 Å². The Hall–Kier alpha value is -1.02. The van der Waals surface area contributed by atoms with E-state index in [1.807, 2.05) is 19.2 Å². The predicted octanol–water partition coefficient (Wildman–Crippen LogP) is 2.34. The van der Waals surface area contributed by atoms with E-state index in [-0.39, 0.29) is 24.0 Å². The van der Waals surface area contributed by atoms with Crippen LogP contribution >= 0.6 is 24.0 Å². The highest BCUT2D eigenvalue weighted by molar-refractivity contribution is 14.0. The molecule has 0 spiro atoms. The summed E-state index contributed by atoms with van der Waals surface area (Å²) in [5.74, 6) is 1.77. The lowest BCUT2D eigenvalue weighted by Gasteiger charge is -2.22. The van der Waals surface area contributed by atoms with E-state index in [0.29, 0.717) is 18.2 Å². The van der Waals surface area contributed by atoms with E-state index in [4.69, 9.17) is 9.47 Å². The van der Waals surface area contributed by atoms with Gasteiger partial charge in [-0.15, -0.1) is 24.0 Å². The van der Waals surface area contributed by atoms with Crippen LogP contribution in [0.1, 0.15) is 24.8 Å². The van der Waals surface area contributed by atoms with Crippen LogP contribution < -0.4 is 15.4 Å². The van der Waals surface area contributed by atoms with Gasteiger partial charge in [-0.3, -0.25) is 4.99 Å². The third kappa shape index (κ3) is 4.73. The van der Waals surface area contributed by atoms with Crippen LogP contribution in [0.3, 0.4) is 0 Å². The number of hydrogen-bond donors (Lipinski definition) is 2. The second kappa shape index (κ2) is 8.73. The molecule has 3 unspecified atom stereocenters. The van der Waals surface area contributed by atoms with Gasteiger partial charge in [0.05, 0.1) is 25.4 Å². The number of fused-ring (bicyclic) bond motifs is 2. The molecule has 2 saturated heterocycles. The van der Waals surface area contributed by atoms with Crippen molar-refractivity contribution < 1.29 is 9.47 Å². The molecule has 2 fully saturated rings. The van der Waals surface area contributed by atoms with Gasteiger partial charge >= 0.3 is 0 Å². The van der Waals surface area contributed by atoms with Gasteiger partial charge in [0.25, 0.3) is 0 Å². The Balaban J connectivity index is 0.00000192. The second-order valence-electron chi connectivity index (χ2n) is 5.96. The molecular formula is C17H26IN3O2. The number of nitrogens with one attached hydrogen (secondary N) is 2. The Morgan fingerprint density at radius 3 is 2.91 bits per heavy atom. The normalized spacial score (nSPS) is 25.8. The first-order valence-electron chi connectivity index (χ1n) is 8.04. The number of rotatable bonds is 5. The topological polar surface area (TPSA) is 54.9 Å². The molecule has 1 aromatic carbocycles. The van der Waals surface area contributed by atoms with E-state index < -0.39 is 0 Å². The van der Waals surface area contributed by atoms with Gasteiger partial charge in [-0.2, -0.15) is 0 Å². The largest absolute Gasteiger partial charge is 0.497 e. The van der Waals surface area contributed by atoms with E-state index in [2.05, 4.69) is 27.8 Å². The van der Waals surface area contributed by atoms with Crippen LogP contribution in [0.5, 0.6) is 5.75 Å². The predicted molar refractivity (Wildman–Crippen MR) is 103 cm³/mol. The monoisotopic (exact) mass is 431 g/mol. The third-order valence-corrected chi connectivity index (χ3v) is 4.49. The van der Waals surface area contributed by atoms with Crippen LogP contribution in [0.2, 0.25) is 0 Å². The number of guanidine groups is 1. The zero-order valence-corrected chi connectivity index (χ0v) is 16.1. The number of ether oxygens (including phenoxy) is 2. The summed E-state index contributed by atoms with van der Waals surface area (Å²) >= 11 is 0. The highest BCUT2D eigenvalue weighted by Gasteiger charge is 2.41. The van der Waals surface area contributed by atoms with Gasteiger partial charge in [-0.25, -0.2) is 0 Å². The molecule has 0 aromatic heterocycles. The Kier molecular flexibility index (Phi) is 6.95. The fourth-order valence-electron chi connectivity index (χ4n) is 3.31. The fourth-order valence-corrected chi connectivity index (χ4v) is 3.31. The molecule has 3 atom stereocenters. The molecule has 0 radical (unpaired) electrons. The molecule has 2 N–H and O–H groups in total. The van der Waals surface area contributed by atoms with Crippen molar-refractivity contribution in [2.45, 2.75) is 43.9 Å². The number of hydrogen-bond acceptors (Lipinski definition) is 3. The Labute approximate surface area is 155 Å². The Morgan fingerprint density at radius 1 is 1.39 bits per heavy atom. The molecule has 2 aliphatic heterocycles. The molecule has 2 bridgehead atoms. The summed E-state index contributed by atoms with van der Waals surface area (Å²) in [6, 6.07) is 8.58. The van der Waals surface area contributed by atoms with Gasteiger partial charge in [0.2, 0.25) is 0 Å². The summed E-state index contributed by atoms with van der Waals surface area (Å²) in [6.45, 7) is 0.842. The van der Waals surface area contributed by atoms with Crippen LogP contribution in [-0.2, 0) is 11.2 Å². The molecule has 2 aliphatic rings. The van der Waals surface area contributed by atoms with Gasteiger partial charge in [-0.05, 0) is 43.4 Å². The molecule has 0 saturated carbocycles. The second-order valence-corrected chi connectivity index (χ2v) is 5.96. The van der Waals surface area contributed by atoms with Crippen molar-refractivity contribution >= 4 is 29.9 Å². The molecule has 1 aromatic rings. The standard InChI is InChI=1S/C17H25N3O2.HI/c1-18-17(20-15-11-14-6-7-16(15)22-14)19-9-8-12-4-3-5-13(10-12)21-2;/h3-5,10,14-16H,6-9,11H2,1-2H3,(H2,18,19,20);1H. The van der Waals surface area contributed by atoms with Crippen LogP contribution in [-0.4, -0.2) is 44.9 Å². The quantitative estimate of drug-likeness (QED) is 0.427. The molecule has 5 nitrogen and oxygen atoms in total. The summed E-state index contributed by atoms with van der Waals surface area (Å²) in [4.78, 5) is 4.31. The highest BCUT2D eigenvalue weighted by atomic mass is 127. The minimum atomic E-state index is 0.